The van der Waals surface area contributed by atoms with Crippen molar-refractivity contribution in [2.45, 2.75) is 6.54 Å². The minimum Gasteiger partial charge on any atom is -0.326 e. The second-order valence-corrected chi connectivity index (χ2v) is 4.48. The van der Waals surface area contributed by atoms with Crippen LogP contribution in [0.25, 0.3) is 16.9 Å². The molecule has 3 nitrogen and oxygen atoms in total. The van der Waals surface area contributed by atoms with Gasteiger partial charge in [0.15, 0.2) is 0 Å². The summed E-state index contributed by atoms with van der Waals surface area (Å²) in [6, 6.07) is 16.2. The van der Waals surface area contributed by atoms with Crippen LogP contribution < -0.4 is 5.73 Å². The van der Waals surface area contributed by atoms with E-state index >= 15 is 0 Å². The van der Waals surface area contributed by atoms with E-state index in [-0.39, 0.29) is 5.82 Å². The number of benzene rings is 2. The smallest absolute Gasteiger partial charge is 0.123 e. The van der Waals surface area contributed by atoms with Gasteiger partial charge in [0.25, 0.3) is 0 Å². The maximum atomic E-state index is 13.0. The molecule has 0 radical (unpaired) electrons. The van der Waals surface area contributed by atoms with Crippen LogP contribution in [0.4, 0.5) is 4.39 Å². The van der Waals surface area contributed by atoms with Crippen LogP contribution >= 0.6 is 0 Å². The SMILES string of the molecule is NCc1cnn(-c2ccc(F)cc2)c1-c1ccccc1. The number of aromatic nitrogens is 2. The maximum Gasteiger partial charge on any atom is 0.123 e. The lowest BCUT2D eigenvalue weighted by Gasteiger charge is -2.09. The number of rotatable bonds is 3. The van der Waals surface area contributed by atoms with Crippen LogP contribution in [0, 0.1) is 5.82 Å². The van der Waals surface area contributed by atoms with E-state index in [0.29, 0.717) is 6.54 Å². The monoisotopic (exact) mass is 267 g/mol. The summed E-state index contributed by atoms with van der Waals surface area (Å²) in [4.78, 5) is 0. The molecule has 0 amide bonds. The van der Waals surface area contributed by atoms with Gasteiger partial charge in [0.2, 0.25) is 0 Å². The molecule has 0 aliphatic rings. The zero-order valence-electron chi connectivity index (χ0n) is 10.8. The van der Waals surface area contributed by atoms with E-state index < -0.39 is 0 Å². The van der Waals surface area contributed by atoms with Crippen LogP contribution in [-0.2, 0) is 6.54 Å². The van der Waals surface area contributed by atoms with Crippen molar-refractivity contribution in [3.8, 4) is 16.9 Å². The van der Waals surface area contributed by atoms with Crippen LogP contribution in [0.5, 0.6) is 0 Å². The fourth-order valence-electron chi connectivity index (χ4n) is 2.21. The first kappa shape index (κ1) is 12.6. The predicted molar refractivity (Wildman–Crippen MR) is 76.8 cm³/mol. The van der Waals surface area contributed by atoms with Crippen molar-refractivity contribution in [1.82, 2.24) is 9.78 Å². The Morgan fingerprint density at radius 3 is 2.35 bits per heavy atom. The summed E-state index contributed by atoms with van der Waals surface area (Å²) in [7, 11) is 0. The standard InChI is InChI=1S/C16H14FN3/c17-14-6-8-15(9-7-14)20-16(13(10-18)11-19-20)12-4-2-1-3-5-12/h1-9,11H,10,18H2. The molecule has 4 heteroatoms. The molecule has 20 heavy (non-hydrogen) atoms. The van der Waals surface area contributed by atoms with Crippen molar-refractivity contribution >= 4 is 0 Å². The lowest BCUT2D eigenvalue weighted by Crippen LogP contribution is -2.02. The molecule has 3 aromatic rings. The Morgan fingerprint density at radius 2 is 1.70 bits per heavy atom. The zero-order chi connectivity index (χ0) is 13.9. The maximum absolute atomic E-state index is 13.0. The lowest BCUT2D eigenvalue weighted by atomic mass is 10.1. The molecular weight excluding hydrogens is 253 g/mol. The van der Waals surface area contributed by atoms with Crippen molar-refractivity contribution in [2.75, 3.05) is 0 Å². The van der Waals surface area contributed by atoms with Crippen LogP contribution in [-0.4, -0.2) is 9.78 Å². The highest BCUT2D eigenvalue weighted by Crippen LogP contribution is 2.26. The summed E-state index contributed by atoms with van der Waals surface area (Å²) >= 11 is 0. The van der Waals surface area contributed by atoms with Crippen molar-refractivity contribution in [3.05, 3.63) is 72.2 Å². The molecule has 0 aliphatic carbocycles. The predicted octanol–water partition coefficient (Wildman–Crippen LogP) is 3.14. The molecule has 3 rings (SSSR count). The van der Waals surface area contributed by atoms with Crippen LogP contribution in [0.15, 0.2) is 60.8 Å². The molecule has 2 aromatic carbocycles. The quantitative estimate of drug-likeness (QED) is 0.792. The van der Waals surface area contributed by atoms with Gasteiger partial charge in [-0.2, -0.15) is 5.10 Å². The molecule has 0 bridgehead atoms. The Balaban J connectivity index is 2.17. The molecule has 0 saturated carbocycles. The average molecular weight is 267 g/mol. The molecule has 100 valence electrons. The molecule has 0 saturated heterocycles. The van der Waals surface area contributed by atoms with Gasteiger partial charge in [0.05, 0.1) is 17.6 Å². The highest BCUT2D eigenvalue weighted by molar-refractivity contribution is 5.65. The topological polar surface area (TPSA) is 43.8 Å². The van der Waals surface area contributed by atoms with Crippen molar-refractivity contribution in [2.24, 2.45) is 5.73 Å². The molecule has 0 spiro atoms. The third-order valence-electron chi connectivity index (χ3n) is 3.18. The lowest BCUT2D eigenvalue weighted by molar-refractivity contribution is 0.627. The van der Waals surface area contributed by atoms with Crippen LogP contribution in [0.2, 0.25) is 0 Å². The number of nitrogens with zero attached hydrogens (tertiary/aromatic N) is 2. The number of hydrogen-bond acceptors (Lipinski definition) is 2. The van der Waals surface area contributed by atoms with Gasteiger partial charge in [0, 0.05) is 17.7 Å². The Morgan fingerprint density at radius 1 is 1.00 bits per heavy atom. The minimum atomic E-state index is -0.263. The summed E-state index contributed by atoms with van der Waals surface area (Å²) in [6.07, 6.45) is 1.76. The summed E-state index contributed by atoms with van der Waals surface area (Å²) in [6.45, 7) is 0.408. The minimum absolute atomic E-state index is 0.263. The fraction of sp³-hybridized carbons (Fsp3) is 0.0625. The summed E-state index contributed by atoms with van der Waals surface area (Å²) in [5.74, 6) is -0.263. The van der Waals surface area contributed by atoms with Gasteiger partial charge in [-0.3, -0.25) is 0 Å². The van der Waals surface area contributed by atoms with Crippen LogP contribution in [0.1, 0.15) is 5.56 Å². The third kappa shape index (κ3) is 2.21. The highest BCUT2D eigenvalue weighted by Gasteiger charge is 2.13. The van der Waals surface area contributed by atoms with E-state index in [4.69, 9.17) is 5.73 Å². The van der Waals surface area contributed by atoms with Crippen molar-refractivity contribution in [3.63, 3.8) is 0 Å². The van der Waals surface area contributed by atoms with E-state index in [0.717, 1.165) is 22.5 Å². The number of halogens is 1. The molecule has 2 N–H and O–H groups in total. The molecule has 0 fully saturated rings. The average Bonchev–Trinajstić information content (AvgIpc) is 2.93. The Hall–Kier alpha value is -2.46. The normalized spacial score (nSPS) is 10.7. The van der Waals surface area contributed by atoms with Crippen molar-refractivity contribution in [1.29, 1.82) is 0 Å². The second kappa shape index (κ2) is 5.27. The summed E-state index contributed by atoms with van der Waals surface area (Å²) < 4.78 is 14.8. The molecule has 0 unspecified atom stereocenters. The van der Waals surface area contributed by atoms with E-state index in [1.54, 1.807) is 23.0 Å². The Kier molecular flexibility index (Phi) is 3.31. The van der Waals surface area contributed by atoms with E-state index in [9.17, 15) is 4.39 Å². The molecule has 0 aliphatic heterocycles. The van der Waals surface area contributed by atoms with Gasteiger partial charge < -0.3 is 5.73 Å². The Labute approximate surface area is 116 Å². The zero-order valence-corrected chi connectivity index (χ0v) is 10.8. The molecular formula is C16H14FN3. The Bertz CT molecular complexity index is 702. The first-order chi connectivity index (χ1) is 9.79. The van der Waals surface area contributed by atoms with Gasteiger partial charge in [0.1, 0.15) is 5.82 Å². The molecule has 1 aromatic heterocycles. The fourth-order valence-corrected chi connectivity index (χ4v) is 2.21. The summed E-state index contributed by atoms with van der Waals surface area (Å²) in [5, 5.41) is 4.38. The van der Waals surface area contributed by atoms with Gasteiger partial charge in [-0.15, -0.1) is 0 Å². The summed E-state index contributed by atoms with van der Waals surface area (Å²) in [5.41, 5.74) is 9.54. The largest absolute Gasteiger partial charge is 0.326 e. The molecule has 0 atom stereocenters. The first-order valence-electron chi connectivity index (χ1n) is 6.38. The third-order valence-corrected chi connectivity index (χ3v) is 3.18. The second-order valence-electron chi connectivity index (χ2n) is 4.48. The van der Waals surface area contributed by atoms with Gasteiger partial charge in [-0.1, -0.05) is 30.3 Å². The van der Waals surface area contributed by atoms with Gasteiger partial charge in [-0.05, 0) is 24.3 Å². The van der Waals surface area contributed by atoms with Gasteiger partial charge >= 0.3 is 0 Å². The number of nitrogens with two attached hydrogens (primary N) is 1. The van der Waals surface area contributed by atoms with E-state index in [1.807, 2.05) is 30.3 Å². The number of hydrogen-bond donors (Lipinski definition) is 1. The van der Waals surface area contributed by atoms with Gasteiger partial charge in [-0.25, -0.2) is 9.07 Å². The van der Waals surface area contributed by atoms with E-state index in [1.165, 1.54) is 12.1 Å². The molecule has 1 heterocycles. The van der Waals surface area contributed by atoms with E-state index in [2.05, 4.69) is 5.10 Å². The van der Waals surface area contributed by atoms with Crippen LogP contribution in [0.3, 0.4) is 0 Å². The highest BCUT2D eigenvalue weighted by atomic mass is 19.1. The van der Waals surface area contributed by atoms with Crippen molar-refractivity contribution < 1.29 is 4.39 Å². The first-order valence-corrected chi connectivity index (χ1v) is 6.38.